The first-order valence-corrected chi connectivity index (χ1v) is 8.43. The molecule has 1 spiro atoms. The van der Waals surface area contributed by atoms with E-state index in [-0.39, 0.29) is 17.1 Å². The van der Waals surface area contributed by atoms with Crippen LogP contribution in [-0.2, 0) is 14.3 Å². The molecule has 0 aromatic heterocycles. The average molecular weight is 297 g/mol. The Morgan fingerprint density at radius 2 is 1.81 bits per heavy atom. The molecule has 2 rings (SSSR count). The van der Waals surface area contributed by atoms with Gasteiger partial charge < -0.3 is 9.47 Å². The van der Waals surface area contributed by atoms with Gasteiger partial charge in [0, 0.05) is 25.7 Å². The molecule has 0 aromatic rings. The predicted molar refractivity (Wildman–Crippen MR) is 83.5 cm³/mol. The molecule has 2 aliphatic heterocycles. The number of ketones is 1. The van der Waals surface area contributed by atoms with Crippen LogP contribution in [0.2, 0.25) is 0 Å². The van der Waals surface area contributed by atoms with Gasteiger partial charge in [0.15, 0.2) is 5.78 Å². The highest BCUT2D eigenvalue weighted by Crippen LogP contribution is 2.40. The number of nitrogens with zero attached hydrogens (tertiary/aromatic N) is 1. The van der Waals surface area contributed by atoms with Gasteiger partial charge in [-0.3, -0.25) is 9.69 Å². The van der Waals surface area contributed by atoms with Crippen LogP contribution < -0.4 is 0 Å². The van der Waals surface area contributed by atoms with Gasteiger partial charge in [0.1, 0.15) is 0 Å². The molecule has 0 saturated carbocycles. The SMILES string of the molecule is CCC(CC)(C(=O)C1CCOC2(CCOCC2)C1)N(C)C. The molecule has 0 aliphatic carbocycles. The molecule has 1 atom stereocenters. The minimum Gasteiger partial charge on any atom is -0.381 e. The Balaban J connectivity index is 2.14. The largest absolute Gasteiger partial charge is 0.381 e. The maximum atomic E-state index is 13.2. The number of carbonyl (C=O) groups excluding carboxylic acids is 1. The molecule has 2 saturated heterocycles. The fraction of sp³-hybridized carbons (Fsp3) is 0.941. The molecule has 2 aliphatic rings. The van der Waals surface area contributed by atoms with Crippen LogP contribution in [0.25, 0.3) is 0 Å². The third-order valence-electron chi connectivity index (χ3n) is 5.75. The van der Waals surface area contributed by atoms with Crippen LogP contribution in [0.4, 0.5) is 0 Å². The van der Waals surface area contributed by atoms with Gasteiger partial charge in [0.25, 0.3) is 0 Å². The highest BCUT2D eigenvalue weighted by Gasteiger charge is 2.46. The maximum Gasteiger partial charge on any atom is 0.156 e. The summed E-state index contributed by atoms with van der Waals surface area (Å²) in [5, 5.41) is 0. The van der Waals surface area contributed by atoms with Crippen LogP contribution in [0.1, 0.15) is 52.4 Å². The number of ether oxygens (including phenoxy) is 2. The zero-order chi connectivity index (χ0) is 15.5. The molecule has 2 fully saturated rings. The summed E-state index contributed by atoms with van der Waals surface area (Å²) in [5.74, 6) is 0.561. The lowest BCUT2D eigenvalue weighted by Crippen LogP contribution is -2.55. The first kappa shape index (κ1) is 16.9. The summed E-state index contributed by atoms with van der Waals surface area (Å²) in [5.41, 5.74) is -0.412. The number of Topliss-reactive ketones (excluding diaryl/α,β-unsaturated/α-hetero) is 1. The third kappa shape index (κ3) is 3.17. The van der Waals surface area contributed by atoms with Gasteiger partial charge in [0.2, 0.25) is 0 Å². The summed E-state index contributed by atoms with van der Waals surface area (Å²) < 4.78 is 11.5. The number of hydrogen-bond donors (Lipinski definition) is 0. The van der Waals surface area contributed by atoms with Crippen LogP contribution in [-0.4, -0.2) is 55.7 Å². The first-order valence-electron chi connectivity index (χ1n) is 8.43. The van der Waals surface area contributed by atoms with Crippen LogP contribution in [0.5, 0.6) is 0 Å². The van der Waals surface area contributed by atoms with Crippen LogP contribution in [0.15, 0.2) is 0 Å². The molecule has 4 heteroatoms. The van der Waals surface area contributed by atoms with Crippen molar-refractivity contribution < 1.29 is 14.3 Å². The van der Waals surface area contributed by atoms with Gasteiger partial charge in [-0.05, 0) is 52.6 Å². The molecular weight excluding hydrogens is 266 g/mol. The van der Waals surface area contributed by atoms with Crippen LogP contribution in [0, 0.1) is 5.92 Å². The maximum absolute atomic E-state index is 13.2. The normalized spacial score (nSPS) is 26.2. The average Bonchev–Trinajstić information content (AvgIpc) is 2.49. The van der Waals surface area contributed by atoms with Gasteiger partial charge in [-0.25, -0.2) is 0 Å². The Morgan fingerprint density at radius 3 is 2.33 bits per heavy atom. The molecule has 0 amide bonds. The monoisotopic (exact) mass is 297 g/mol. The third-order valence-corrected chi connectivity index (χ3v) is 5.75. The number of rotatable bonds is 5. The first-order chi connectivity index (χ1) is 9.99. The number of likely N-dealkylation sites (N-methyl/N-ethyl adjacent to an activating group) is 1. The highest BCUT2D eigenvalue weighted by atomic mass is 16.5. The Labute approximate surface area is 129 Å². The summed E-state index contributed by atoms with van der Waals surface area (Å²) >= 11 is 0. The molecular formula is C17H31NO3. The summed E-state index contributed by atoms with van der Waals surface area (Å²) in [6.45, 7) is 6.51. The van der Waals surface area contributed by atoms with Gasteiger partial charge >= 0.3 is 0 Å². The number of hydrogen-bond acceptors (Lipinski definition) is 4. The molecule has 122 valence electrons. The molecule has 0 radical (unpaired) electrons. The van der Waals surface area contributed by atoms with E-state index in [9.17, 15) is 4.79 Å². The molecule has 21 heavy (non-hydrogen) atoms. The summed E-state index contributed by atoms with van der Waals surface area (Å²) in [4.78, 5) is 15.3. The summed E-state index contributed by atoms with van der Waals surface area (Å²) in [6, 6.07) is 0. The Kier molecular flexibility index (Phi) is 5.44. The number of carbonyl (C=O) groups is 1. The topological polar surface area (TPSA) is 38.8 Å². The standard InChI is InChI=1S/C17H31NO3/c1-5-17(6-2,18(3)4)15(19)14-7-10-21-16(13-14)8-11-20-12-9-16/h14H,5-13H2,1-4H3. The van der Waals surface area contributed by atoms with Crippen molar-refractivity contribution in [2.75, 3.05) is 33.9 Å². The van der Waals surface area contributed by atoms with E-state index in [0.29, 0.717) is 12.4 Å². The van der Waals surface area contributed by atoms with Crippen molar-refractivity contribution in [2.24, 2.45) is 5.92 Å². The van der Waals surface area contributed by atoms with Crippen molar-refractivity contribution in [1.29, 1.82) is 0 Å². The van der Waals surface area contributed by atoms with Crippen molar-refractivity contribution in [3.05, 3.63) is 0 Å². The molecule has 0 N–H and O–H groups in total. The molecule has 0 aromatic carbocycles. The Hall–Kier alpha value is -0.450. The lowest BCUT2D eigenvalue weighted by molar-refractivity contribution is -0.163. The van der Waals surface area contributed by atoms with Crippen molar-refractivity contribution in [3.63, 3.8) is 0 Å². The van der Waals surface area contributed by atoms with E-state index in [1.54, 1.807) is 0 Å². The lowest BCUT2D eigenvalue weighted by Gasteiger charge is -2.46. The Morgan fingerprint density at radius 1 is 1.19 bits per heavy atom. The quantitative estimate of drug-likeness (QED) is 0.782. The Bertz CT molecular complexity index is 352. The molecule has 4 nitrogen and oxygen atoms in total. The molecule has 1 unspecified atom stereocenters. The van der Waals surface area contributed by atoms with E-state index in [0.717, 1.165) is 51.7 Å². The minimum atomic E-state index is -0.311. The second-order valence-corrected chi connectivity index (χ2v) is 6.83. The van der Waals surface area contributed by atoms with Gasteiger partial charge in [-0.1, -0.05) is 13.8 Å². The summed E-state index contributed by atoms with van der Waals surface area (Å²) in [7, 11) is 4.07. The van der Waals surface area contributed by atoms with Crippen LogP contribution >= 0.6 is 0 Å². The van der Waals surface area contributed by atoms with Crippen LogP contribution in [0.3, 0.4) is 0 Å². The molecule has 0 bridgehead atoms. The van der Waals surface area contributed by atoms with Crippen molar-refractivity contribution in [3.8, 4) is 0 Å². The van der Waals surface area contributed by atoms with Gasteiger partial charge in [-0.2, -0.15) is 0 Å². The predicted octanol–water partition coefficient (Wildman–Crippen LogP) is 2.65. The van der Waals surface area contributed by atoms with E-state index in [2.05, 4.69) is 18.7 Å². The zero-order valence-corrected chi connectivity index (χ0v) is 14.1. The van der Waals surface area contributed by atoms with E-state index >= 15 is 0 Å². The smallest absolute Gasteiger partial charge is 0.156 e. The highest BCUT2D eigenvalue weighted by molar-refractivity contribution is 5.90. The van der Waals surface area contributed by atoms with Gasteiger partial charge in [0.05, 0.1) is 11.1 Å². The van der Waals surface area contributed by atoms with E-state index in [1.807, 2.05) is 14.1 Å². The summed E-state index contributed by atoms with van der Waals surface area (Å²) in [6.07, 6.45) is 5.38. The lowest BCUT2D eigenvalue weighted by atomic mass is 9.72. The fourth-order valence-electron chi connectivity index (χ4n) is 4.17. The van der Waals surface area contributed by atoms with E-state index in [1.165, 1.54) is 0 Å². The second-order valence-electron chi connectivity index (χ2n) is 6.83. The molecule has 2 heterocycles. The van der Waals surface area contributed by atoms with Crippen molar-refractivity contribution >= 4 is 5.78 Å². The zero-order valence-electron chi connectivity index (χ0n) is 14.1. The minimum absolute atomic E-state index is 0.101. The van der Waals surface area contributed by atoms with E-state index < -0.39 is 0 Å². The van der Waals surface area contributed by atoms with Crippen molar-refractivity contribution in [1.82, 2.24) is 4.90 Å². The van der Waals surface area contributed by atoms with E-state index in [4.69, 9.17) is 9.47 Å². The second kappa shape index (κ2) is 6.76. The fourth-order valence-corrected chi connectivity index (χ4v) is 4.17. The van der Waals surface area contributed by atoms with Crippen molar-refractivity contribution in [2.45, 2.75) is 63.5 Å². The van der Waals surface area contributed by atoms with Gasteiger partial charge in [-0.15, -0.1) is 0 Å².